The van der Waals surface area contributed by atoms with Crippen molar-refractivity contribution in [2.24, 2.45) is 0 Å². The minimum absolute atomic E-state index is 0.317. The maximum Gasteiger partial charge on any atom is 0.144 e. The third kappa shape index (κ3) is 3.55. The van der Waals surface area contributed by atoms with Gasteiger partial charge in [-0.15, -0.1) is 0 Å². The maximum absolute atomic E-state index is 13.2. The van der Waals surface area contributed by atoms with Crippen molar-refractivity contribution in [3.8, 4) is 11.5 Å². The van der Waals surface area contributed by atoms with E-state index in [2.05, 4.69) is 27.3 Å². The molecule has 1 N–H and O–H groups in total. The lowest BCUT2D eigenvalue weighted by Crippen LogP contribution is -2.05. The lowest BCUT2D eigenvalue weighted by Gasteiger charge is -2.11. The highest BCUT2D eigenvalue weighted by Crippen LogP contribution is 2.32. The van der Waals surface area contributed by atoms with Crippen LogP contribution in [0.2, 0.25) is 0 Å². The highest BCUT2D eigenvalue weighted by Gasteiger charge is 2.07. The van der Waals surface area contributed by atoms with E-state index < -0.39 is 0 Å². The predicted molar refractivity (Wildman–Crippen MR) is 78.1 cm³/mol. The molecule has 2 rings (SSSR count). The Labute approximate surface area is 120 Å². The number of rotatable bonds is 4. The van der Waals surface area contributed by atoms with Crippen molar-refractivity contribution in [3.63, 3.8) is 0 Å². The average Bonchev–Trinajstić information content (AvgIpc) is 2.37. The van der Waals surface area contributed by atoms with Crippen molar-refractivity contribution in [2.45, 2.75) is 13.5 Å². The summed E-state index contributed by atoms with van der Waals surface area (Å²) < 4.78 is 19.7. The summed E-state index contributed by atoms with van der Waals surface area (Å²) in [6.45, 7) is 2.78. The minimum atomic E-state index is -0.317. The van der Waals surface area contributed by atoms with Gasteiger partial charge in [-0.25, -0.2) is 4.39 Å². The summed E-state index contributed by atoms with van der Waals surface area (Å²) >= 11 is 3.35. The third-order valence-electron chi connectivity index (χ3n) is 2.73. The van der Waals surface area contributed by atoms with Crippen molar-refractivity contribution >= 4 is 15.9 Å². The van der Waals surface area contributed by atoms with Gasteiger partial charge in [-0.3, -0.25) is 0 Å². The number of aryl methyl sites for hydroxylation is 1. The van der Waals surface area contributed by atoms with E-state index in [1.807, 2.05) is 26.1 Å². The van der Waals surface area contributed by atoms with Gasteiger partial charge >= 0.3 is 0 Å². The van der Waals surface area contributed by atoms with E-state index in [9.17, 15) is 4.39 Å². The topological polar surface area (TPSA) is 21.3 Å². The smallest absolute Gasteiger partial charge is 0.144 e. The van der Waals surface area contributed by atoms with Crippen molar-refractivity contribution in [1.82, 2.24) is 5.32 Å². The molecule has 0 saturated carbocycles. The van der Waals surface area contributed by atoms with Crippen LogP contribution < -0.4 is 10.1 Å². The number of benzene rings is 2. The number of halogens is 2. The molecule has 0 amide bonds. The van der Waals surface area contributed by atoms with E-state index in [1.54, 1.807) is 6.07 Å². The van der Waals surface area contributed by atoms with Gasteiger partial charge in [-0.2, -0.15) is 0 Å². The summed E-state index contributed by atoms with van der Waals surface area (Å²) in [7, 11) is 1.91. The number of hydrogen-bond donors (Lipinski definition) is 1. The van der Waals surface area contributed by atoms with E-state index in [4.69, 9.17) is 4.74 Å². The molecule has 0 fully saturated rings. The Morgan fingerprint density at radius 2 is 1.95 bits per heavy atom. The van der Waals surface area contributed by atoms with Crippen LogP contribution in [-0.4, -0.2) is 7.05 Å². The molecule has 2 aromatic carbocycles. The van der Waals surface area contributed by atoms with Crippen LogP contribution in [0.3, 0.4) is 0 Å². The normalized spacial score (nSPS) is 10.5. The zero-order valence-corrected chi connectivity index (χ0v) is 12.4. The monoisotopic (exact) mass is 323 g/mol. The second-order valence-electron chi connectivity index (χ2n) is 4.31. The molecule has 0 spiro atoms. The molecule has 2 aromatic rings. The Bertz CT molecular complexity index is 586. The van der Waals surface area contributed by atoms with Crippen molar-refractivity contribution in [1.29, 1.82) is 0 Å². The standard InChI is InChI=1S/C15H15BrFNO/c1-10-7-11(9-18-2)3-6-14(10)19-15-8-12(17)4-5-13(15)16/h3-8,18H,9H2,1-2H3. The first-order chi connectivity index (χ1) is 9.10. The Kier molecular flexibility index (Phi) is 4.56. The summed E-state index contributed by atoms with van der Waals surface area (Å²) in [5.41, 5.74) is 2.20. The van der Waals surface area contributed by atoms with Crippen LogP contribution in [0.25, 0.3) is 0 Å². The Morgan fingerprint density at radius 1 is 1.16 bits per heavy atom. The first-order valence-corrected chi connectivity index (χ1v) is 6.76. The van der Waals surface area contributed by atoms with Gasteiger partial charge < -0.3 is 10.1 Å². The molecule has 19 heavy (non-hydrogen) atoms. The molecule has 100 valence electrons. The SMILES string of the molecule is CNCc1ccc(Oc2cc(F)ccc2Br)c(C)c1. The van der Waals surface area contributed by atoms with Gasteiger partial charge in [-0.05, 0) is 59.2 Å². The predicted octanol–water partition coefficient (Wildman–Crippen LogP) is 4.41. The van der Waals surface area contributed by atoms with E-state index >= 15 is 0 Å². The molecule has 0 aliphatic rings. The fourth-order valence-electron chi connectivity index (χ4n) is 1.81. The fourth-order valence-corrected chi connectivity index (χ4v) is 2.14. The first-order valence-electron chi connectivity index (χ1n) is 5.97. The Balaban J connectivity index is 2.25. The van der Waals surface area contributed by atoms with E-state index in [1.165, 1.54) is 17.7 Å². The Hall–Kier alpha value is -1.39. The fraction of sp³-hybridized carbons (Fsp3) is 0.200. The van der Waals surface area contributed by atoms with Gasteiger partial charge in [-0.1, -0.05) is 12.1 Å². The summed E-state index contributed by atoms with van der Waals surface area (Å²) in [6, 6.07) is 10.3. The molecule has 4 heteroatoms. The van der Waals surface area contributed by atoms with Crippen LogP contribution >= 0.6 is 15.9 Å². The van der Waals surface area contributed by atoms with Crippen LogP contribution in [0.5, 0.6) is 11.5 Å². The van der Waals surface area contributed by atoms with Crippen LogP contribution in [0.4, 0.5) is 4.39 Å². The molecule has 0 unspecified atom stereocenters. The van der Waals surface area contributed by atoms with Gasteiger partial charge in [0.05, 0.1) is 4.47 Å². The number of ether oxygens (including phenoxy) is 1. The Morgan fingerprint density at radius 3 is 2.63 bits per heavy atom. The molecule has 0 radical (unpaired) electrons. The summed E-state index contributed by atoms with van der Waals surface area (Å²) in [5, 5.41) is 3.10. The van der Waals surface area contributed by atoms with E-state index in [0.29, 0.717) is 5.75 Å². The molecule has 0 saturated heterocycles. The molecular weight excluding hydrogens is 309 g/mol. The highest BCUT2D eigenvalue weighted by atomic mass is 79.9. The highest BCUT2D eigenvalue weighted by molar-refractivity contribution is 9.10. The largest absolute Gasteiger partial charge is 0.456 e. The van der Waals surface area contributed by atoms with Gasteiger partial charge in [0.25, 0.3) is 0 Å². The lowest BCUT2D eigenvalue weighted by molar-refractivity contribution is 0.470. The van der Waals surface area contributed by atoms with E-state index in [0.717, 1.165) is 22.3 Å². The molecule has 0 aliphatic carbocycles. The molecule has 0 aromatic heterocycles. The molecule has 0 heterocycles. The van der Waals surface area contributed by atoms with Gasteiger partial charge in [0.2, 0.25) is 0 Å². The van der Waals surface area contributed by atoms with Crippen LogP contribution in [0, 0.1) is 12.7 Å². The lowest BCUT2D eigenvalue weighted by atomic mass is 10.1. The van der Waals surface area contributed by atoms with Gasteiger partial charge in [0, 0.05) is 12.6 Å². The molecule has 0 aliphatic heterocycles. The summed E-state index contributed by atoms with van der Waals surface area (Å²) in [5.74, 6) is 0.887. The zero-order chi connectivity index (χ0) is 13.8. The molecule has 2 nitrogen and oxygen atoms in total. The molecule has 0 atom stereocenters. The number of nitrogens with one attached hydrogen (secondary N) is 1. The third-order valence-corrected chi connectivity index (χ3v) is 3.39. The maximum atomic E-state index is 13.2. The minimum Gasteiger partial charge on any atom is -0.456 e. The van der Waals surface area contributed by atoms with E-state index in [-0.39, 0.29) is 5.82 Å². The molecular formula is C15H15BrFNO. The summed E-state index contributed by atoms with van der Waals surface area (Å²) in [4.78, 5) is 0. The zero-order valence-electron chi connectivity index (χ0n) is 10.8. The average molecular weight is 324 g/mol. The van der Waals surface area contributed by atoms with Crippen LogP contribution in [0.15, 0.2) is 40.9 Å². The first kappa shape index (κ1) is 14.0. The second-order valence-corrected chi connectivity index (χ2v) is 5.16. The van der Waals surface area contributed by atoms with Gasteiger partial charge in [0.15, 0.2) is 0 Å². The van der Waals surface area contributed by atoms with Gasteiger partial charge in [0.1, 0.15) is 17.3 Å². The van der Waals surface area contributed by atoms with Crippen molar-refractivity contribution < 1.29 is 9.13 Å². The van der Waals surface area contributed by atoms with Crippen LogP contribution in [0.1, 0.15) is 11.1 Å². The van der Waals surface area contributed by atoms with Crippen LogP contribution in [-0.2, 0) is 6.54 Å². The molecule has 0 bridgehead atoms. The number of hydrogen-bond acceptors (Lipinski definition) is 2. The van der Waals surface area contributed by atoms with Crippen molar-refractivity contribution in [3.05, 3.63) is 57.8 Å². The second kappa shape index (κ2) is 6.17. The quantitative estimate of drug-likeness (QED) is 0.899. The van der Waals surface area contributed by atoms with Crippen molar-refractivity contribution in [2.75, 3.05) is 7.05 Å². The summed E-state index contributed by atoms with van der Waals surface area (Å²) in [6.07, 6.45) is 0.